The minimum absolute atomic E-state index is 0.00882. The second-order valence-corrected chi connectivity index (χ2v) is 6.14. The summed E-state index contributed by atoms with van der Waals surface area (Å²) >= 11 is 0. The van der Waals surface area contributed by atoms with Crippen LogP contribution in [-0.4, -0.2) is 56.6 Å². The van der Waals surface area contributed by atoms with Crippen LogP contribution in [0.3, 0.4) is 0 Å². The SMILES string of the molecule is CCCS(=O)(=O)NC(C)C(=O)N1CCNC(=O)C1. The lowest BCUT2D eigenvalue weighted by molar-refractivity contribution is -0.139. The van der Waals surface area contributed by atoms with Crippen LogP contribution < -0.4 is 10.0 Å². The molecule has 1 heterocycles. The van der Waals surface area contributed by atoms with Crippen LogP contribution in [0.25, 0.3) is 0 Å². The molecule has 1 saturated heterocycles. The third kappa shape index (κ3) is 4.26. The number of rotatable bonds is 5. The zero-order valence-corrected chi connectivity index (χ0v) is 11.4. The maximum absolute atomic E-state index is 11.9. The standard InChI is InChI=1S/C10H19N3O4S/c1-3-6-18(16,17)12-8(2)10(15)13-5-4-11-9(14)7-13/h8,12H,3-7H2,1-2H3,(H,11,14). The van der Waals surface area contributed by atoms with Crippen LogP contribution in [0.4, 0.5) is 0 Å². The lowest BCUT2D eigenvalue weighted by Crippen LogP contribution is -2.55. The van der Waals surface area contributed by atoms with Crippen molar-refractivity contribution in [3.63, 3.8) is 0 Å². The molecule has 2 N–H and O–H groups in total. The van der Waals surface area contributed by atoms with Crippen molar-refractivity contribution in [2.45, 2.75) is 26.3 Å². The zero-order chi connectivity index (χ0) is 13.8. The van der Waals surface area contributed by atoms with Gasteiger partial charge in [0.2, 0.25) is 21.8 Å². The summed E-state index contributed by atoms with van der Waals surface area (Å²) in [5.74, 6) is -0.604. The Morgan fingerprint density at radius 1 is 1.56 bits per heavy atom. The molecule has 1 aliphatic heterocycles. The molecule has 0 saturated carbocycles. The Labute approximate surface area is 107 Å². The molecule has 0 aromatic rings. The first kappa shape index (κ1) is 14.9. The van der Waals surface area contributed by atoms with Crippen molar-refractivity contribution in [2.75, 3.05) is 25.4 Å². The highest BCUT2D eigenvalue weighted by molar-refractivity contribution is 7.89. The highest BCUT2D eigenvalue weighted by Crippen LogP contribution is 2.00. The molecule has 1 fully saturated rings. The van der Waals surface area contributed by atoms with Crippen LogP contribution in [0.5, 0.6) is 0 Å². The second-order valence-electron chi connectivity index (χ2n) is 4.27. The van der Waals surface area contributed by atoms with Crippen LogP contribution in [-0.2, 0) is 19.6 Å². The molecular formula is C10H19N3O4S. The molecule has 1 unspecified atom stereocenters. The van der Waals surface area contributed by atoms with Crippen molar-refractivity contribution >= 4 is 21.8 Å². The van der Waals surface area contributed by atoms with Gasteiger partial charge in [0.25, 0.3) is 0 Å². The summed E-state index contributed by atoms with van der Waals surface area (Å²) in [6.45, 7) is 4.03. The van der Waals surface area contributed by atoms with Crippen molar-refractivity contribution in [2.24, 2.45) is 0 Å². The van der Waals surface area contributed by atoms with Crippen molar-refractivity contribution in [3.05, 3.63) is 0 Å². The van der Waals surface area contributed by atoms with Gasteiger partial charge in [-0.3, -0.25) is 9.59 Å². The normalized spacial score (nSPS) is 18.3. The summed E-state index contributed by atoms with van der Waals surface area (Å²) in [4.78, 5) is 24.4. The van der Waals surface area contributed by atoms with E-state index in [1.165, 1.54) is 11.8 Å². The Bertz CT molecular complexity index is 421. The van der Waals surface area contributed by atoms with E-state index in [1.54, 1.807) is 6.92 Å². The first-order valence-electron chi connectivity index (χ1n) is 5.91. The molecule has 0 aromatic heterocycles. The second kappa shape index (κ2) is 6.14. The highest BCUT2D eigenvalue weighted by Gasteiger charge is 2.27. The number of carbonyl (C=O) groups excluding carboxylic acids is 2. The number of nitrogens with zero attached hydrogens (tertiary/aromatic N) is 1. The van der Waals surface area contributed by atoms with E-state index in [2.05, 4.69) is 10.0 Å². The fraction of sp³-hybridized carbons (Fsp3) is 0.800. The Kier molecular flexibility index (Phi) is 5.09. The van der Waals surface area contributed by atoms with E-state index in [0.717, 1.165) is 0 Å². The quantitative estimate of drug-likeness (QED) is 0.650. The van der Waals surface area contributed by atoms with Gasteiger partial charge >= 0.3 is 0 Å². The molecule has 0 spiro atoms. The number of hydrogen-bond acceptors (Lipinski definition) is 4. The number of hydrogen-bond donors (Lipinski definition) is 2. The van der Waals surface area contributed by atoms with Gasteiger partial charge in [-0.05, 0) is 13.3 Å². The van der Waals surface area contributed by atoms with Crippen LogP contribution >= 0.6 is 0 Å². The molecule has 8 heteroatoms. The Morgan fingerprint density at radius 3 is 2.78 bits per heavy atom. The van der Waals surface area contributed by atoms with Gasteiger partial charge in [0.1, 0.15) is 0 Å². The molecule has 7 nitrogen and oxygen atoms in total. The van der Waals surface area contributed by atoms with Gasteiger partial charge in [0.05, 0.1) is 18.3 Å². The van der Waals surface area contributed by atoms with Gasteiger partial charge in [-0.15, -0.1) is 0 Å². The fourth-order valence-electron chi connectivity index (χ4n) is 1.75. The minimum Gasteiger partial charge on any atom is -0.353 e. The molecule has 1 atom stereocenters. The average Bonchev–Trinajstić information content (AvgIpc) is 2.27. The zero-order valence-electron chi connectivity index (χ0n) is 10.6. The summed E-state index contributed by atoms with van der Waals surface area (Å²) in [6.07, 6.45) is 0.488. The van der Waals surface area contributed by atoms with Gasteiger partial charge in [-0.25, -0.2) is 13.1 Å². The Balaban J connectivity index is 2.58. The first-order valence-corrected chi connectivity index (χ1v) is 7.56. The Morgan fingerprint density at radius 2 is 2.22 bits per heavy atom. The van der Waals surface area contributed by atoms with Crippen molar-refractivity contribution in [1.82, 2.24) is 14.9 Å². The topological polar surface area (TPSA) is 95.6 Å². The maximum Gasteiger partial charge on any atom is 0.240 e. The summed E-state index contributed by atoms with van der Waals surface area (Å²) in [6, 6.07) is -0.840. The maximum atomic E-state index is 11.9. The number of sulfonamides is 1. The molecule has 0 aliphatic carbocycles. The van der Waals surface area contributed by atoms with Gasteiger partial charge in [0, 0.05) is 13.1 Å². The molecule has 0 aromatic carbocycles. The van der Waals surface area contributed by atoms with Gasteiger partial charge in [-0.1, -0.05) is 6.92 Å². The summed E-state index contributed by atoms with van der Waals surface area (Å²) in [7, 11) is -3.43. The van der Waals surface area contributed by atoms with E-state index < -0.39 is 16.1 Å². The van der Waals surface area contributed by atoms with Crippen LogP contribution in [0.2, 0.25) is 0 Å². The largest absolute Gasteiger partial charge is 0.353 e. The van der Waals surface area contributed by atoms with E-state index in [9.17, 15) is 18.0 Å². The smallest absolute Gasteiger partial charge is 0.240 e. The molecule has 1 aliphatic rings. The highest BCUT2D eigenvalue weighted by atomic mass is 32.2. The molecule has 2 amide bonds. The van der Waals surface area contributed by atoms with Gasteiger partial charge < -0.3 is 10.2 Å². The van der Waals surface area contributed by atoms with Crippen LogP contribution in [0.1, 0.15) is 20.3 Å². The summed E-state index contributed by atoms with van der Waals surface area (Å²) in [5.41, 5.74) is 0. The molecule has 1 rings (SSSR count). The number of carbonyl (C=O) groups is 2. The predicted molar refractivity (Wildman–Crippen MR) is 66.3 cm³/mol. The van der Waals surface area contributed by atoms with Gasteiger partial charge in [0.15, 0.2) is 0 Å². The van der Waals surface area contributed by atoms with E-state index in [4.69, 9.17) is 0 Å². The van der Waals surface area contributed by atoms with Gasteiger partial charge in [-0.2, -0.15) is 0 Å². The van der Waals surface area contributed by atoms with E-state index >= 15 is 0 Å². The number of piperazine rings is 1. The number of amides is 2. The van der Waals surface area contributed by atoms with Crippen LogP contribution in [0, 0.1) is 0 Å². The molecule has 18 heavy (non-hydrogen) atoms. The lowest BCUT2D eigenvalue weighted by Gasteiger charge is -2.29. The van der Waals surface area contributed by atoms with E-state index in [-0.39, 0.29) is 24.1 Å². The first-order chi connectivity index (χ1) is 8.35. The van der Waals surface area contributed by atoms with Crippen molar-refractivity contribution < 1.29 is 18.0 Å². The predicted octanol–water partition coefficient (Wildman–Crippen LogP) is -1.34. The third-order valence-corrected chi connectivity index (χ3v) is 4.21. The summed E-state index contributed by atoms with van der Waals surface area (Å²) in [5, 5.41) is 2.60. The molecule has 0 bridgehead atoms. The average molecular weight is 277 g/mol. The fourth-order valence-corrected chi connectivity index (χ4v) is 3.04. The van der Waals surface area contributed by atoms with E-state index in [0.29, 0.717) is 19.5 Å². The molecule has 104 valence electrons. The number of nitrogens with one attached hydrogen (secondary N) is 2. The minimum atomic E-state index is -3.43. The van der Waals surface area contributed by atoms with Crippen LogP contribution in [0.15, 0.2) is 0 Å². The third-order valence-electron chi connectivity index (χ3n) is 2.55. The molecular weight excluding hydrogens is 258 g/mol. The Hall–Kier alpha value is -1.15. The molecule has 0 radical (unpaired) electrons. The van der Waals surface area contributed by atoms with E-state index in [1.807, 2.05) is 0 Å². The summed E-state index contributed by atoms with van der Waals surface area (Å²) < 4.78 is 25.4. The van der Waals surface area contributed by atoms with Crippen molar-refractivity contribution in [3.8, 4) is 0 Å². The monoisotopic (exact) mass is 277 g/mol. The lowest BCUT2D eigenvalue weighted by atomic mass is 10.2. The van der Waals surface area contributed by atoms with Crippen molar-refractivity contribution in [1.29, 1.82) is 0 Å².